The molecule has 0 aliphatic rings. The van der Waals surface area contributed by atoms with Gasteiger partial charge in [-0.25, -0.2) is 0 Å². The van der Waals surface area contributed by atoms with Crippen molar-refractivity contribution in [3.63, 3.8) is 0 Å². The Balaban J connectivity index is 3.14. The van der Waals surface area contributed by atoms with Crippen LogP contribution >= 0.6 is 34.8 Å². The Morgan fingerprint density at radius 1 is 1.25 bits per heavy atom. The highest BCUT2D eigenvalue weighted by Crippen LogP contribution is 2.44. The van der Waals surface area contributed by atoms with Crippen LogP contribution in [0.3, 0.4) is 0 Å². The maximum Gasteiger partial charge on any atom is 0.143 e. The largest absolute Gasteiger partial charge is 0.495 e. The van der Waals surface area contributed by atoms with Gasteiger partial charge in [0.1, 0.15) is 21.5 Å². The van der Waals surface area contributed by atoms with E-state index in [-0.39, 0.29) is 0 Å². The van der Waals surface area contributed by atoms with Gasteiger partial charge < -0.3 is 14.8 Å². The molecule has 20 heavy (non-hydrogen) atoms. The zero-order valence-electron chi connectivity index (χ0n) is 11.5. The van der Waals surface area contributed by atoms with E-state index in [1.54, 1.807) is 12.1 Å². The number of anilines is 1. The highest BCUT2D eigenvalue weighted by molar-refractivity contribution is 6.41. The van der Waals surface area contributed by atoms with Crippen LogP contribution < -0.4 is 14.8 Å². The van der Waals surface area contributed by atoms with Gasteiger partial charge >= 0.3 is 0 Å². The number of rotatable bonds is 6. The molecule has 0 saturated heterocycles. The van der Waals surface area contributed by atoms with Crippen molar-refractivity contribution in [1.29, 1.82) is 0 Å². The van der Waals surface area contributed by atoms with Crippen molar-refractivity contribution in [3.05, 3.63) is 39.4 Å². The highest BCUT2D eigenvalue weighted by atomic mass is 35.5. The molecule has 1 N–H and O–H groups in total. The summed E-state index contributed by atoms with van der Waals surface area (Å²) in [5, 5.41) is 4.49. The average Bonchev–Trinajstić information content (AvgIpc) is 2.46. The van der Waals surface area contributed by atoms with Crippen LogP contribution in [0.1, 0.15) is 6.92 Å². The van der Waals surface area contributed by atoms with Gasteiger partial charge in [0, 0.05) is 17.6 Å². The Morgan fingerprint density at radius 2 is 1.75 bits per heavy atom. The van der Waals surface area contributed by atoms with Crippen LogP contribution in [0.5, 0.6) is 11.5 Å². The summed E-state index contributed by atoms with van der Waals surface area (Å²) in [5.41, 5.74) is 1.45. The Morgan fingerprint density at radius 3 is 2.15 bits per heavy atom. The van der Waals surface area contributed by atoms with E-state index < -0.39 is 0 Å². The van der Waals surface area contributed by atoms with Crippen LogP contribution in [0.25, 0.3) is 0 Å². The second-order valence-electron chi connectivity index (χ2n) is 3.97. The minimum Gasteiger partial charge on any atom is -0.495 e. The fourth-order valence-corrected chi connectivity index (χ4v) is 2.22. The van der Waals surface area contributed by atoms with E-state index in [2.05, 4.69) is 11.9 Å². The van der Waals surface area contributed by atoms with Crippen molar-refractivity contribution in [2.45, 2.75) is 6.92 Å². The number of nitrogens with one attached hydrogen (secondary N) is 1. The standard InChI is InChI=1S/C14H16Cl3NO2/c1-5-9(15)8(2)7-18-14-12(16)10(19-3)6-11(20-4)13(14)17/h5-6,18H,1,7H2,2-4H3/b9-8-. The van der Waals surface area contributed by atoms with Gasteiger partial charge in [0.25, 0.3) is 0 Å². The van der Waals surface area contributed by atoms with E-state index >= 15 is 0 Å². The predicted octanol–water partition coefficient (Wildman–Crippen LogP) is 5.12. The zero-order valence-corrected chi connectivity index (χ0v) is 13.8. The van der Waals surface area contributed by atoms with Crippen molar-refractivity contribution in [3.8, 4) is 11.5 Å². The molecule has 1 rings (SSSR count). The van der Waals surface area contributed by atoms with E-state index in [4.69, 9.17) is 44.3 Å². The third-order valence-electron chi connectivity index (χ3n) is 2.69. The van der Waals surface area contributed by atoms with Gasteiger partial charge in [-0.15, -0.1) is 0 Å². The quantitative estimate of drug-likeness (QED) is 0.731. The Hall–Kier alpha value is -1.03. The minimum atomic E-state index is 0.390. The predicted molar refractivity (Wildman–Crippen MR) is 86.8 cm³/mol. The molecule has 0 amide bonds. The third kappa shape index (κ3) is 3.75. The first-order chi connectivity index (χ1) is 9.46. The molecule has 0 radical (unpaired) electrons. The summed E-state index contributed by atoms with van der Waals surface area (Å²) in [7, 11) is 3.05. The van der Waals surface area contributed by atoms with E-state index in [0.29, 0.717) is 38.8 Å². The first-order valence-electron chi connectivity index (χ1n) is 5.77. The Labute approximate surface area is 134 Å². The van der Waals surface area contributed by atoms with Crippen molar-refractivity contribution < 1.29 is 9.47 Å². The van der Waals surface area contributed by atoms with Gasteiger partial charge in [0.15, 0.2) is 0 Å². The fraction of sp³-hybridized carbons (Fsp3) is 0.286. The molecule has 1 aromatic carbocycles. The second kappa shape index (κ2) is 7.67. The first-order valence-corrected chi connectivity index (χ1v) is 6.91. The third-order valence-corrected chi connectivity index (χ3v) is 3.92. The number of hydrogen-bond donors (Lipinski definition) is 1. The van der Waals surface area contributed by atoms with Gasteiger partial charge in [-0.3, -0.25) is 0 Å². The van der Waals surface area contributed by atoms with Crippen molar-refractivity contribution in [2.75, 3.05) is 26.1 Å². The molecule has 1 aromatic rings. The summed E-state index contributed by atoms with van der Waals surface area (Å²) in [5.74, 6) is 0.957. The Kier molecular flexibility index (Phi) is 6.53. The number of allylic oxidation sites excluding steroid dienone is 2. The molecule has 0 aliphatic carbocycles. The summed E-state index contributed by atoms with van der Waals surface area (Å²) in [6.45, 7) is 5.97. The second-order valence-corrected chi connectivity index (χ2v) is 5.13. The molecule has 0 saturated carbocycles. The van der Waals surface area contributed by atoms with Crippen LogP contribution in [0.15, 0.2) is 29.3 Å². The smallest absolute Gasteiger partial charge is 0.143 e. The van der Waals surface area contributed by atoms with E-state index in [1.165, 1.54) is 14.2 Å². The van der Waals surface area contributed by atoms with Crippen LogP contribution in [0.4, 0.5) is 5.69 Å². The molecule has 0 aromatic heterocycles. The topological polar surface area (TPSA) is 30.5 Å². The lowest BCUT2D eigenvalue weighted by atomic mass is 10.2. The van der Waals surface area contributed by atoms with Crippen molar-refractivity contribution >= 4 is 40.5 Å². The summed E-state index contributed by atoms with van der Waals surface area (Å²) in [6, 6.07) is 1.63. The first kappa shape index (κ1) is 17.0. The maximum atomic E-state index is 6.24. The molecule has 6 heteroatoms. The Bertz CT molecular complexity index is 513. The molecule has 0 fully saturated rings. The monoisotopic (exact) mass is 335 g/mol. The van der Waals surface area contributed by atoms with Gasteiger partial charge in [-0.05, 0) is 12.5 Å². The highest BCUT2D eigenvalue weighted by Gasteiger charge is 2.17. The summed E-state index contributed by atoms with van der Waals surface area (Å²) < 4.78 is 10.4. The number of halogens is 3. The van der Waals surface area contributed by atoms with Crippen molar-refractivity contribution in [2.24, 2.45) is 0 Å². The lowest BCUT2D eigenvalue weighted by molar-refractivity contribution is 0.395. The van der Waals surface area contributed by atoms with Crippen LogP contribution in [-0.2, 0) is 0 Å². The van der Waals surface area contributed by atoms with Crippen LogP contribution in [-0.4, -0.2) is 20.8 Å². The molecular formula is C14H16Cl3NO2. The normalized spacial score (nSPS) is 11.7. The number of hydrogen-bond acceptors (Lipinski definition) is 3. The zero-order chi connectivity index (χ0) is 15.3. The molecule has 0 atom stereocenters. The lowest BCUT2D eigenvalue weighted by Crippen LogP contribution is -2.06. The van der Waals surface area contributed by atoms with Gasteiger partial charge in [0.05, 0.1) is 19.9 Å². The number of ether oxygens (including phenoxy) is 2. The van der Waals surface area contributed by atoms with Gasteiger partial charge in [-0.1, -0.05) is 47.5 Å². The number of methoxy groups -OCH3 is 2. The molecule has 110 valence electrons. The van der Waals surface area contributed by atoms with E-state index in [1.807, 2.05) is 6.92 Å². The van der Waals surface area contributed by atoms with Crippen molar-refractivity contribution in [1.82, 2.24) is 0 Å². The summed E-state index contributed by atoms with van der Waals surface area (Å²) >= 11 is 18.5. The molecule has 0 bridgehead atoms. The fourth-order valence-electron chi connectivity index (χ4n) is 1.52. The van der Waals surface area contributed by atoms with Gasteiger partial charge in [0.2, 0.25) is 0 Å². The van der Waals surface area contributed by atoms with E-state index in [9.17, 15) is 0 Å². The van der Waals surface area contributed by atoms with Crippen LogP contribution in [0, 0.1) is 0 Å². The number of benzene rings is 1. The SMILES string of the molecule is C=C/C(Cl)=C(\C)CNc1c(Cl)c(OC)cc(OC)c1Cl. The maximum absolute atomic E-state index is 6.24. The molecular weight excluding hydrogens is 321 g/mol. The molecule has 0 heterocycles. The summed E-state index contributed by atoms with van der Waals surface area (Å²) in [4.78, 5) is 0. The molecule has 3 nitrogen and oxygen atoms in total. The van der Waals surface area contributed by atoms with E-state index in [0.717, 1.165) is 5.57 Å². The molecule has 0 unspecified atom stereocenters. The summed E-state index contributed by atoms with van der Waals surface area (Å²) in [6.07, 6.45) is 1.58. The molecule has 0 aliphatic heterocycles. The van der Waals surface area contributed by atoms with Crippen LogP contribution in [0.2, 0.25) is 10.0 Å². The molecule has 0 spiro atoms. The van der Waals surface area contributed by atoms with Gasteiger partial charge in [-0.2, -0.15) is 0 Å². The minimum absolute atomic E-state index is 0.390. The lowest BCUT2D eigenvalue weighted by Gasteiger charge is -2.16. The average molecular weight is 337 g/mol.